The summed E-state index contributed by atoms with van der Waals surface area (Å²) in [5, 5.41) is 18.4. The molecule has 1 heterocycles. The van der Waals surface area contributed by atoms with Crippen LogP contribution in [0, 0.1) is 6.92 Å². The molecule has 0 spiro atoms. The summed E-state index contributed by atoms with van der Waals surface area (Å²) in [6, 6.07) is -0.0493. The van der Waals surface area contributed by atoms with Crippen LogP contribution in [0.25, 0.3) is 0 Å². The number of H-pyrrole nitrogens is 1. The quantitative estimate of drug-likeness (QED) is 0.682. The van der Waals surface area contributed by atoms with Crippen molar-refractivity contribution < 1.29 is 9.90 Å². The van der Waals surface area contributed by atoms with E-state index in [1.54, 1.807) is 13.8 Å². The second kappa shape index (κ2) is 4.93. The van der Waals surface area contributed by atoms with Gasteiger partial charge in [0.25, 0.3) is 5.91 Å². The Morgan fingerprint density at radius 1 is 1.67 bits per heavy atom. The van der Waals surface area contributed by atoms with E-state index in [9.17, 15) is 4.79 Å². The summed E-state index contributed by atoms with van der Waals surface area (Å²) in [4.78, 5) is 11.7. The molecule has 1 amide bonds. The van der Waals surface area contributed by atoms with E-state index < -0.39 is 6.10 Å². The number of hydrogen-bond acceptors (Lipinski definition) is 3. The fourth-order valence-electron chi connectivity index (χ4n) is 1.45. The minimum atomic E-state index is -0.411. The molecule has 0 radical (unpaired) electrons. The summed E-state index contributed by atoms with van der Waals surface area (Å²) in [6.45, 7) is 5.35. The van der Waals surface area contributed by atoms with Crippen LogP contribution >= 0.6 is 0 Å². The minimum Gasteiger partial charge on any atom is -0.393 e. The summed E-state index contributed by atoms with van der Waals surface area (Å²) >= 11 is 0. The van der Waals surface area contributed by atoms with Gasteiger partial charge in [0.2, 0.25) is 0 Å². The molecule has 1 aromatic heterocycles. The zero-order chi connectivity index (χ0) is 11.4. The van der Waals surface area contributed by atoms with Gasteiger partial charge in [-0.3, -0.25) is 9.89 Å². The Balaban J connectivity index is 2.53. The number of aryl methyl sites for hydroxylation is 1. The lowest BCUT2D eigenvalue weighted by atomic mass is 10.1. The van der Waals surface area contributed by atoms with Gasteiger partial charge in [0.1, 0.15) is 0 Å². The van der Waals surface area contributed by atoms with Gasteiger partial charge in [-0.2, -0.15) is 5.10 Å². The average molecular weight is 211 g/mol. The highest BCUT2D eigenvalue weighted by Gasteiger charge is 2.14. The van der Waals surface area contributed by atoms with Crippen molar-refractivity contribution in [1.82, 2.24) is 15.5 Å². The van der Waals surface area contributed by atoms with E-state index in [2.05, 4.69) is 15.5 Å². The zero-order valence-corrected chi connectivity index (χ0v) is 9.24. The summed E-state index contributed by atoms with van der Waals surface area (Å²) in [5.41, 5.74) is 1.30. The molecule has 2 unspecified atom stereocenters. The molecule has 5 heteroatoms. The number of carbonyl (C=O) groups excluding carboxylic acids is 1. The lowest BCUT2D eigenvalue weighted by molar-refractivity contribution is 0.0922. The monoisotopic (exact) mass is 211 g/mol. The molecule has 1 rings (SSSR count). The maximum Gasteiger partial charge on any atom is 0.254 e. The summed E-state index contributed by atoms with van der Waals surface area (Å²) in [5.74, 6) is -0.158. The molecular formula is C10H17N3O2. The first-order valence-corrected chi connectivity index (χ1v) is 4.99. The number of aliphatic hydroxyl groups is 1. The molecule has 0 saturated heterocycles. The molecule has 0 saturated carbocycles. The Morgan fingerprint density at radius 3 is 2.80 bits per heavy atom. The lowest BCUT2D eigenvalue weighted by Gasteiger charge is -2.14. The molecule has 0 fully saturated rings. The van der Waals surface area contributed by atoms with Gasteiger partial charge in [-0.1, -0.05) is 0 Å². The smallest absolute Gasteiger partial charge is 0.254 e. The molecule has 15 heavy (non-hydrogen) atoms. The van der Waals surface area contributed by atoms with E-state index in [0.29, 0.717) is 12.0 Å². The predicted molar refractivity (Wildman–Crippen MR) is 56.6 cm³/mol. The maximum atomic E-state index is 11.7. The average Bonchev–Trinajstić information content (AvgIpc) is 2.49. The normalized spacial score (nSPS) is 14.7. The number of amides is 1. The number of hydrogen-bond donors (Lipinski definition) is 3. The highest BCUT2D eigenvalue weighted by atomic mass is 16.3. The van der Waals surface area contributed by atoms with Crippen molar-refractivity contribution >= 4 is 5.91 Å². The van der Waals surface area contributed by atoms with Crippen molar-refractivity contribution in [3.63, 3.8) is 0 Å². The Morgan fingerprint density at radius 2 is 2.33 bits per heavy atom. The first-order chi connectivity index (χ1) is 7.00. The molecule has 3 N–H and O–H groups in total. The van der Waals surface area contributed by atoms with Crippen LogP contribution in [0.4, 0.5) is 0 Å². The van der Waals surface area contributed by atoms with Crippen molar-refractivity contribution in [2.24, 2.45) is 0 Å². The molecule has 0 aromatic carbocycles. The molecule has 1 aromatic rings. The number of nitrogens with one attached hydrogen (secondary N) is 2. The van der Waals surface area contributed by atoms with Crippen molar-refractivity contribution in [1.29, 1.82) is 0 Å². The van der Waals surface area contributed by atoms with E-state index in [1.807, 2.05) is 6.92 Å². The Bertz CT molecular complexity index is 333. The second-order valence-electron chi connectivity index (χ2n) is 3.87. The Kier molecular flexibility index (Phi) is 3.85. The van der Waals surface area contributed by atoms with E-state index in [1.165, 1.54) is 6.20 Å². The van der Waals surface area contributed by atoms with Gasteiger partial charge in [-0.15, -0.1) is 0 Å². The van der Waals surface area contributed by atoms with E-state index >= 15 is 0 Å². The fourth-order valence-corrected chi connectivity index (χ4v) is 1.45. The van der Waals surface area contributed by atoms with Crippen molar-refractivity contribution in [2.45, 2.75) is 39.3 Å². The van der Waals surface area contributed by atoms with Crippen molar-refractivity contribution in [3.05, 3.63) is 17.5 Å². The summed E-state index contributed by atoms with van der Waals surface area (Å²) < 4.78 is 0. The van der Waals surface area contributed by atoms with Gasteiger partial charge in [0.15, 0.2) is 0 Å². The molecule has 84 valence electrons. The third kappa shape index (κ3) is 3.36. The van der Waals surface area contributed by atoms with Gasteiger partial charge >= 0.3 is 0 Å². The van der Waals surface area contributed by atoms with Crippen LogP contribution in [0.15, 0.2) is 6.20 Å². The van der Waals surface area contributed by atoms with Crippen LogP contribution in [0.2, 0.25) is 0 Å². The predicted octanol–water partition coefficient (Wildman–Crippen LogP) is 0.607. The van der Waals surface area contributed by atoms with E-state index in [4.69, 9.17) is 5.11 Å². The standard InChI is InChI=1S/C10H17N3O2/c1-6(4-7(2)14)12-10(15)9-5-11-13-8(9)3/h5-7,14H,4H2,1-3H3,(H,11,13)(H,12,15). The Labute approximate surface area is 88.9 Å². The van der Waals surface area contributed by atoms with Crippen molar-refractivity contribution in [3.8, 4) is 0 Å². The number of aromatic amines is 1. The molecule has 5 nitrogen and oxygen atoms in total. The third-order valence-electron chi connectivity index (χ3n) is 2.15. The largest absolute Gasteiger partial charge is 0.393 e. The van der Waals surface area contributed by atoms with Crippen LogP contribution in [-0.2, 0) is 0 Å². The fraction of sp³-hybridized carbons (Fsp3) is 0.600. The minimum absolute atomic E-state index is 0.0493. The van der Waals surface area contributed by atoms with Crippen LogP contribution in [0.3, 0.4) is 0 Å². The van der Waals surface area contributed by atoms with Crippen LogP contribution in [0.1, 0.15) is 36.3 Å². The number of aromatic nitrogens is 2. The third-order valence-corrected chi connectivity index (χ3v) is 2.15. The number of nitrogens with zero attached hydrogens (tertiary/aromatic N) is 1. The lowest BCUT2D eigenvalue weighted by Crippen LogP contribution is -2.34. The second-order valence-corrected chi connectivity index (χ2v) is 3.87. The van der Waals surface area contributed by atoms with Crippen LogP contribution in [0.5, 0.6) is 0 Å². The number of aliphatic hydroxyl groups excluding tert-OH is 1. The molecular weight excluding hydrogens is 194 g/mol. The van der Waals surface area contributed by atoms with Crippen molar-refractivity contribution in [2.75, 3.05) is 0 Å². The van der Waals surface area contributed by atoms with Gasteiger partial charge in [-0.25, -0.2) is 0 Å². The van der Waals surface area contributed by atoms with E-state index in [0.717, 1.165) is 5.69 Å². The molecule has 2 atom stereocenters. The topological polar surface area (TPSA) is 78.0 Å². The first kappa shape index (κ1) is 11.7. The first-order valence-electron chi connectivity index (χ1n) is 4.99. The number of rotatable bonds is 4. The highest BCUT2D eigenvalue weighted by Crippen LogP contribution is 2.04. The SMILES string of the molecule is Cc1[nH]ncc1C(=O)NC(C)CC(C)O. The molecule has 0 aliphatic rings. The van der Waals surface area contributed by atoms with Crippen LogP contribution in [-0.4, -0.2) is 33.4 Å². The van der Waals surface area contributed by atoms with Gasteiger partial charge in [-0.05, 0) is 27.2 Å². The molecule has 0 aliphatic heterocycles. The summed E-state index contributed by atoms with van der Waals surface area (Å²) in [7, 11) is 0. The summed E-state index contributed by atoms with van der Waals surface area (Å²) in [6.07, 6.45) is 1.63. The van der Waals surface area contributed by atoms with Gasteiger partial charge in [0, 0.05) is 11.7 Å². The van der Waals surface area contributed by atoms with Gasteiger partial charge < -0.3 is 10.4 Å². The highest BCUT2D eigenvalue weighted by molar-refractivity contribution is 5.95. The molecule has 0 aliphatic carbocycles. The molecule has 0 bridgehead atoms. The van der Waals surface area contributed by atoms with E-state index in [-0.39, 0.29) is 11.9 Å². The van der Waals surface area contributed by atoms with Crippen LogP contribution < -0.4 is 5.32 Å². The van der Waals surface area contributed by atoms with Gasteiger partial charge in [0.05, 0.1) is 17.9 Å². The Hall–Kier alpha value is -1.36. The maximum absolute atomic E-state index is 11.7. The number of carbonyl (C=O) groups is 1. The zero-order valence-electron chi connectivity index (χ0n) is 9.24.